The van der Waals surface area contributed by atoms with Crippen LogP contribution >= 0.6 is 23.5 Å². The predicted molar refractivity (Wildman–Crippen MR) is 141 cm³/mol. The minimum absolute atomic E-state index is 0.0810. The zero-order valence-electron chi connectivity index (χ0n) is 23.0. The Bertz CT molecular complexity index is 395. The second-order valence-corrected chi connectivity index (χ2v) is 13.2. The van der Waals surface area contributed by atoms with E-state index in [0.29, 0.717) is 10.8 Å². The van der Waals surface area contributed by atoms with Crippen molar-refractivity contribution >= 4 is 34.5 Å². The van der Waals surface area contributed by atoms with Gasteiger partial charge in [0.2, 0.25) is 5.91 Å². The summed E-state index contributed by atoms with van der Waals surface area (Å²) in [6.07, 6.45) is 3.96. The summed E-state index contributed by atoms with van der Waals surface area (Å²) in [5, 5.41) is 2.81. The molecule has 0 aromatic heterocycles. The molecule has 0 atom stereocenters. The van der Waals surface area contributed by atoms with E-state index in [9.17, 15) is 9.59 Å². The van der Waals surface area contributed by atoms with Crippen LogP contribution in [-0.4, -0.2) is 50.1 Å². The first-order valence-electron chi connectivity index (χ1n) is 10.4. The van der Waals surface area contributed by atoms with Crippen LogP contribution in [-0.2, 0) is 14.3 Å². The lowest BCUT2D eigenvalue weighted by Crippen LogP contribution is -2.31. The summed E-state index contributed by atoms with van der Waals surface area (Å²) in [7, 11) is 3.37. The standard InChI is InChI=1S/C6H13NO.C6H12OS.C6H14O.C6H14S/c1-6(2,3)5(8)7-4;1-6(2,3)5(7)8-4;2*1-6(2,3)5-7-4/h1-4H3,(H,7,8);1-4H3;2*5H2,1-4H3. The van der Waals surface area contributed by atoms with E-state index in [1.807, 2.05) is 59.6 Å². The van der Waals surface area contributed by atoms with Gasteiger partial charge in [-0.25, -0.2) is 0 Å². The van der Waals surface area contributed by atoms with Crippen LogP contribution in [0.3, 0.4) is 0 Å². The van der Waals surface area contributed by atoms with Crippen molar-refractivity contribution in [3.05, 3.63) is 0 Å². The van der Waals surface area contributed by atoms with Crippen LogP contribution in [0.15, 0.2) is 0 Å². The molecule has 0 unspecified atom stereocenters. The molecule has 0 aromatic carbocycles. The van der Waals surface area contributed by atoms with Gasteiger partial charge in [0, 0.05) is 25.0 Å². The van der Waals surface area contributed by atoms with Crippen LogP contribution in [0.25, 0.3) is 0 Å². The molecule has 0 heterocycles. The Hall–Kier alpha value is -0.200. The number of carbonyl (C=O) groups excluding carboxylic acids is 2. The Morgan fingerprint density at radius 1 is 0.767 bits per heavy atom. The lowest BCUT2D eigenvalue weighted by atomic mass is 9.96. The van der Waals surface area contributed by atoms with E-state index in [2.05, 4.69) is 53.1 Å². The fraction of sp³-hybridized carbons (Fsp3) is 0.917. The molecule has 0 fully saturated rings. The van der Waals surface area contributed by atoms with Crippen LogP contribution in [0.4, 0.5) is 0 Å². The van der Waals surface area contributed by atoms with Crippen LogP contribution in [0.2, 0.25) is 0 Å². The van der Waals surface area contributed by atoms with Crippen molar-refractivity contribution < 1.29 is 14.3 Å². The predicted octanol–water partition coefficient (Wildman–Crippen LogP) is 6.78. The Labute approximate surface area is 197 Å². The van der Waals surface area contributed by atoms with E-state index in [-0.39, 0.29) is 21.9 Å². The number of amides is 1. The molecule has 0 aliphatic rings. The molecule has 0 saturated carbocycles. The van der Waals surface area contributed by atoms with Gasteiger partial charge in [-0.05, 0) is 29.1 Å². The first-order valence-corrected chi connectivity index (χ1v) is 13.0. The fourth-order valence-corrected chi connectivity index (χ4v) is 3.03. The minimum Gasteiger partial charge on any atom is -0.384 e. The van der Waals surface area contributed by atoms with Crippen molar-refractivity contribution in [2.75, 3.05) is 39.0 Å². The number of ether oxygens (including phenoxy) is 1. The molecular formula is C24H53NO3S2. The van der Waals surface area contributed by atoms with Crippen molar-refractivity contribution in [2.45, 2.75) is 83.1 Å². The molecule has 6 heteroatoms. The van der Waals surface area contributed by atoms with E-state index in [0.717, 1.165) is 6.61 Å². The van der Waals surface area contributed by atoms with Gasteiger partial charge in [-0.3, -0.25) is 9.59 Å². The van der Waals surface area contributed by atoms with Gasteiger partial charge >= 0.3 is 0 Å². The maximum Gasteiger partial charge on any atom is 0.225 e. The number of rotatable bonds is 2. The van der Waals surface area contributed by atoms with Gasteiger partial charge in [-0.1, -0.05) is 94.8 Å². The first kappa shape index (κ1) is 37.1. The highest BCUT2D eigenvalue weighted by Gasteiger charge is 2.19. The Balaban J connectivity index is -0.000000151. The number of hydrogen-bond acceptors (Lipinski definition) is 5. The van der Waals surface area contributed by atoms with Crippen molar-refractivity contribution in [3.63, 3.8) is 0 Å². The maximum absolute atomic E-state index is 10.8. The molecule has 30 heavy (non-hydrogen) atoms. The van der Waals surface area contributed by atoms with Crippen LogP contribution < -0.4 is 5.32 Å². The van der Waals surface area contributed by atoms with Crippen LogP contribution in [0.1, 0.15) is 83.1 Å². The normalized spacial score (nSPS) is 11.6. The highest BCUT2D eigenvalue weighted by Crippen LogP contribution is 2.20. The molecule has 184 valence electrons. The fourth-order valence-electron chi connectivity index (χ4n) is 1.55. The number of thioether (sulfide) groups is 2. The molecule has 0 rings (SSSR count). The third kappa shape index (κ3) is 35.3. The highest BCUT2D eigenvalue weighted by atomic mass is 32.2. The van der Waals surface area contributed by atoms with E-state index < -0.39 is 0 Å². The average molecular weight is 468 g/mol. The highest BCUT2D eigenvalue weighted by molar-refractivity contribution is 8.13. The van der Waals surface area contributed by atoms with E-state index in [1.165, 1.54) is 17.5 Å². The van der Waals surface area contributed by atoms with Crippen molar-refractivity contribution in [1.82, 2.24) is 5.32 Å². The van der Waals surface area contributed by atoms with Crippen LogP contribution in [0.5, 0.6) is 0 Å². The zero-order chi connectivity index (χ0) is 25.4. The maximum atomic E-state index is 10.8. The second kappa shape index (κ2) is 17.4. The third-order valence-electron chi connectivity index (χ3n) is 2.86. The lowest BCUT2D eigenvalue weighted by molar-refractivity contribution is -0.127. The molecular weight excluding hydrogens is 414 g/mol. The van der Waals surface area contributed by atoms with Crippen molar-refractivity contribution in [2.24, 2.45) is 21.7 Å². The summed E-state index contributed by atoms with van der Waals surface area (Å²) in [6, 6.07) is 0. The molecule has 0 spiro atoms. The zero-order valence-corrected chi connectivity index (χ0v) is 24.6. The quantitative estimate of drug-likeness (QED) is 0.485. The molecule has 0 aliphatic carbocycles. The second-order valence-electron chi connectivity index (χ2n) is 11.6. The summed E-state index contributed by atoms with van der Waals surface area (Å²) in [4.78, 5) is 21.5. The summed E-state index contributed by atoms with van der Waals surface area (Å²) in [6.45, 7) is 25.5. The van der Waals surface area contributed by atoms with Gasteiger partial charge in [0.1, 0.15) is 0 Å². The van der Waals surface area contributed by atoms with Crippen LogP contribution in [0, 0.1) is 21.7 Å². The largest absolute Gasteiger partial charge is 0.384 e. The summed E-state index contributed by atoms with van der Waals surface area (Å²) in [5.74, 6) is 1.34. The molecule has 0 aromatic rings. The minimum atomic E-state index is -0.241. The van der Waals surface area contributed by atoms with Gasteiger partial charge in [0.25, 0.3) is 0 Å². The summed E-state index contributed by atoms with van der Waals surface area (Å²) in [5.41, 5.74) is 0.433. The summed E-state index contributed by atoms with van der Waals surface area (Å²) >= 11 is 3.20. The number of methoxy groups -OCH3 is 1. The van der Waals surface area contributed by atoms with Crippen molar-refractivity contribution in [3.8, 4) is 0 Å². The van der Waals surface area contributed by atoms with Gasteiger partial charge < -0.3 is 10.1 Å². The van der Waals surface area contributed by atoms with E-state index in [4.69, 9.17) is 4.74 Å². The van der Waals surface area contributed by atoms with E-state index in [1.54, 1.807) is 14.2 Å². The smallest absolute Gasteiger partial charge is 0.225 e. The molecule has 0 aliphatic heterocycles. The topological polar surface area (TPSA) is 55.4 Å². The average Bonchev–Trinajstić information content (AvgIpc) is 2.51. The number of carbonyl (C=O) groups is 2. The molecule has 4 nitrogen and oxygen atoms in total. The third-order valence-corrected chi connectivity index (χ3v) is 5.00. The molecule has 1 N–H and O–H groups in total. The monoisotopic (exact) mass is 467 g/mol. The Morgan fingerprint density at radius 2 is 1.17 bits per heavy atom. The van der Waals surface area contributed by atoms with Gasteiger partial charge in [0.15, 0.2) is 5.12 Å². The SMILES string of the molecule is CNC(=O)C(C)(C)C.COCC(C)(C)C.CSC(=O)C(C)(C)C.CSCC(C)(C)C. The lowest BCUT2D eigenvalue weighted by Gasteiger charge is -2.15. The number of nitrogens with one attached hydrogen (secondary N) is 1. The van der Waals surface area contributed by atoms with Crippen molar-refractivity contribution in [1.29, 1.82) is 0 Å². The molecule has 0 radical (unpaired) electrons. The van der Waals surface area contributed by atoms with Gasteiger partial charge in [-0.2, -0.15) is 11.8 Å². The first-order chi connectivity index (χ1) is 13.1. The van der Waals surface area contributed by atoms with Gasteiger partial charge in [-0.15, -0.1) is 0 Å². The molecule has 0 bridgehead atoms. The Kier molecular flexibility index (Phi) is 21.5. The Morgan fingerprint density at radius 3 is 1.17 bits per heavy atom. The van der Waals surface area contributed by atoms with E-state index >= 15 is 0 Å². The number of hydrogen-bond donors (Lipinski definition) is 1. The molecule has 0 saturated heterocycles. The molecule has 1 amide bonds. The summed E-state index contributed by atoms with van der Waals surface area (Å²) < 4.78 is 4.91. The van der Waals surface area contributed by atoms with Gasteiger partial charge in [0.05, 0.1) is 6.61 Å².